The number of aliphatic hydroxyl groups excluding tert-OH is 1. The van der Waals surface area contributed by atoms with Crippen molar-refractivity contribution in [2.75, 3.05) is 7.11 Å². The molecule has 1 N–H and O–H groups in total. The molecule has 0 aromatic heterocycles. The Kier molecular flexibility index (Phi) is 3.57. The van der Waals surface area contributed by atoms with Gasteiger partial charge in [0.25, 0.3) is 0 Å². The van der Waals surface area contributed by atoms with E-state index < -0.39 is 17.9 Å². The molecule has 3 nitrogen and oxygen atoms in total. The van der Waals surface area contributed by atoms with Crippen molar-refractivity contribution in [1.29, 1.82) is 0 Å². The van der Waals surface area contributed by atoms with Crippen LogP contribution in [0.3, 0.4) is 0 Å². The quantitative estimate of drug-likeness (QED) is 0.608. The van der Waals surface area contributed by atoms with Crippen molar-refractivity contribution in [2.45, 2.75) is 6.10 Å². The first kappa shape index (κ1) is 11.4. The summed E-state index contributed by atoms with van der Waals surface area (Å²) in [6.07, 6.45) is -1.17. The second-order valence-corrected chi connectivity index (χ2v) is 2.97. The largest absolute Gasteiger partial charge is 0.466 e. The predicted octanol–water partition coefficient (Wildman–Crippen LogP) is 1.59. The van der Waals surface area contributed by atoms with E-state index in [0.29, 0.717) is 5.56 Å². The van der Waals surface area contributed by atoms with Crippen LogP contribution in [0.15, 0.2) is 36.4 Å². The molecule has 15 heavy (non-hydrogen) atoms. The lowest BCUT2D eigenvalue weighted by Gasteiger charge is -2.11. The molecule has 0 spiro atoms. The maximum atomic E-state index is 12.6. The smallest absolute Gasteiger partial charge is 0.336 e. The first-order valence-electron chi connectivity index (χ1n) is 4.27. The average Bonchev–Trinajstić information content (AvgIpc) is 2.27. The van der Waals surface area contributed by atoms with Crippen LogP contribution in [-0.4, -0.2) is 18.2 Å². The Morgan fingerprint density at radius 1 is 1.47 bits per heavy atom. The number of halogens is 1. The molecule has 4 heteroatoms. The first-order chi connectivity index (χ1) is 7.06. The fourth-order valence-electron chi connectivity index (χ4n) is 1.09. The number of ether oxygens (including phenoxy) is 1. The molecule has 1 aromatic carbocycles. The van der Waals surface area contributed by atoms with Gasteiger partial charge in [-0.3, -0.25) is 0 Å². The van der Waals surface area contributed by atoms with E-state index in [9.17, 15) is 14.3 Å². The predicted molar refractivity (Wildman–Crippen MR) is 52.5 cm³/mol. The van der Waals surface area contributed by atoms with Gasteiger partial charge in [0, 0.05) is 0 Å². The van der Waals surface area contributed by atoms with E-state index in [-0.39, 0.29) is 5.57 Å². The summed E-state index contributed by atoms with van der Waals surface area (Å²) < 4.78 is 17.0. The van der Waals surface area contributed by atoms with Gasteiger partial charge in [0.05, 0.1) is 12.7 Å². The van der Waals surface area contributed by atoms with E-state index in [1.807, 2.05) is 0 Å². The third-order valence-corrected chi connectivity index (χ3v) is 1.96. The van der Waals surface area contributed by atoms with Crippen molar-refractivity contribution < 1.29 is 19.0 Å². The van der Waals surface area contributed by atoms with Crippen molar-refractivity contribution in [2.24, 2.45) is 0 Å². The molecule has 0 saturated heterocycles. The molecule has 1 aromatic rings. The van der Waals surface area contributed by atoms with Crippen molar-refractivity contribution in [3.8, 4) is 0 Å². The number of esters is 1. The molecule has 80 valence electrons. The average molecular weight is 210 g/mol. The minimum Gasteiger partial charge on any atom is -0.466 e. The van der Waals surface area contributed by atoms with Gasteiger partial charge in [-0.2, -0.15) is 0 Å². The topological polar surface area (TPSA) is 46.5 Å². The van der Waals surface area contributed by atoms with Gasteiger partial charge in [0.2, 0.25) is 0 Å². The van der Waals surface area contributed by atoms with Gasteiger partial charge in [-0.15, -0.1) is 0 Å². The van der Waals surface area contributed by atoms with Crippen LogP contribution >= 0.6 is 0 Å². The molecule has 1 rings (SSSR count). The molecule has 0 aliphatic carbocycles. The zero-order valence-corrected chi connectivity index (χ0v) is 8.24. The molecule has 0 radical (unpaired) electrons. The molecule has 0 heterocycles. The highest BCUT2D eigenvalue weighted by atomic mass is 19.1. The Hall–Kier alpha value is -1.68. The van der Waals surface area contributed by atoms with E-state index in [0.717, 1.165) is 0 Å². The molecule has 0 aliphatic rings. The summed E-state index contributed by atoms with van der Waals surface area (Å²) in [4.78, 5) is 11.0. The van der Waals surface area contributed by atoms with Gasteiger partial charge in [-0.05, 0) is 17.7 Å². The van der Waals surface area contributed by atoms with Crippen LogP contribution in [0.25, 0.3) is 0 Å². The number of carbonyl (C=O) groups excluding carboxylic acids is 1. The Morgan fingerprint density at radius 3 is 2.47 bits per heavy atom. The van der Waals surface area contributed by atoms with E-state index in [4.69, 9.17) is 0 Å². The lowest BCUT2D eigenvalue weighted by molar-refractivity contribution is -0.137. The summed E-state index contributed by atoms with van der Waals surface area (Å²) in [6, 6.07) is 5.16. The zero-order chi connectivity index (χ0) is 11.4. The summed E-state index contributed by atoms with van der Waals surface area (Å²) >= 11 is 0. The highest BCUT2D eigenvalue weighted by Gasteiger charge is 2.18. The van der Waals surface area contributed by atoms with Gasteiger partial charge >= 0.3 is 5.97 Å². The van der Waals surface area contributed by atoms with Gasteiger partial charge in [0.1, 0.15) is 11.9 Å². The minimum absolute atomic E-state index is 0.0795. The van der Waals surface area contributed by atoms with Crippen LogP contribution in [-0.2, 0) is 9.53 Å². The lowest BCUT2D eigenvalue weighted by atomic mass is 10.0. The van der Waals surface area contributed by atoms with Crippen LogP contribution in [0.2, 0.25) is 0 Å². The summed E-state index contributed by atoms with van der Waals surface area (Å²) in [5.41, 5.74) is 0.316. The van der Waals surface area contributed by atoms with E-state index in [1.54, 1.807) is 0 Å². The molecule has 0 fully saturated rings. The van der Waals surface area contributed by atoms with Gasteiger partial charge in [-0.1, -0.05) is 18.7 Å². The Morgan fingerprint density at radius 2 is 2.00 bits per heavy atom. The number of rotatable bonds is 3. The fraction of sp³-hybridized carbons (Fsp3) is 0.182. The molecule has 1 atom stereocenters. The van der Waals surface area contributed by atoms with Crippen molar-refractivity contribution in [1.82, 2.24) is 0 Å². The number of methoxy groups -OCH3 is 1. The number of benzene rings is 1. The number of hydrogen-bond acceptors (Lipinski definition) is 3. The summed E-state index contributed by atoms with van der Waals surface area (Å²) in [7, 11) is 1.20. The van der Waals surface area contributed by atoms with E-state index >= 15 is 0 Å². The molecular weight excluding hydrogens is 199 g/mol. The van der Waals surface area contributed by atoms with Crippen molar-refractivity contribution >= 4 is 5.97 Å². The van der Waals surface area contributed by atoms with E-state index in [1.165, 1.54) is 31.4 Å². The Bertz CT molecular complexity index is 370. The first-order valence-corrected chi connectivity index (χ1v) is 4.27. The third kappa shape index (κ3) is 2.63. The highest BCUT2D eigenvalue weighted by Crippen LogP contribution is 2.21. The summed E-state index contributed by atoms with van der Waals surface area (Å²) in [6.45, 7) is 3.41. The monoisotopic (exact) mass is 210 g/mol. The second kappa shape index (κ2) is 4.70. The van der Waals surface area contributed by atoms with E-state index in [2.05, 4.69) is 11.3 Å². The Labute approximate surface area is 86.8 Å². The summed E-state index contributed by atoms with van der Waals surface area (Å²) in [5.74, 6) is -1.10. The Balaban J connectivity index is 2.85. The number of carbonyl (C=O) groups is 1. The normalized spacial score (nSPS) is 11.9. The maximum absolute atomic E-state index is 12.6. The van der Waals surface area contributed by atoms with Crippen LogP contribution < -0.4 is 0 Å². The van der Waals surface area contributed by atoms with Crippen LogP contribution in [0, 0.1) is 5.82 Å². The van der Waals surface area contributed by atoms with Crippen LogP contribution in [0.4, 0.5) is 4.39 Å². The minimum atomic E-state index is -1.17. The van der Waals surface area contributed by atoms with Crippen LogP contribution in [0.5, 0.6) is 0 Å². The van der Waals surface area contributed by atoms with Gasteiger partial charge in [0.15, 0.2) is 0 Å². The van der Waals surface area contributed by atoms with Gasteiger partial charge in [-0.25, -0.2) is 9.18 Å². The zero-order valence-electron chi connectivity index (χ0n) is 8.24. The second-order valence-electron chi connectivity index (χ2n) is 2.97. The molecule has 0 aliphatic heterocycles. The molecule has 0 saturated carbocycles. The fourth-order valence-corrected chi connectivity index (χ4v) is 1.09. The maximum Gasteiger partial charge on any atom is 0.336 e. The van der Waals surface area contributed by atoms with Gasteiger partial charge < -0.3 is 9.84 Å². The number of aliphatic hydroxyl groups is 1. The number of hydrogen-bond donors (Lipinski definition) is 1. The van der Waals surface area contributed by atoms with Crippen molar-refractivity contribution in [3.63, 3.8) is 0 Å². The highest BCUT2D eigenvalue weighted by molar-refractivity contribution is 5.88. The molecule has 0 amide bonds. The third-order valence-electron chi connectivity index (χ3n) is 1.96. The SMILES string of the molecule is C=C(C(=O)OC)[C@H](O)c1ccc(F)cc1. The molecule has 0 unspecified atom stereocenters. The lowest BCUT2D eigenvalue weighted by Crippen LogP contribution is -2.11. The summed E-state index contributed by atoms with van der Waals surface area (Å²) in [5, 5.41) is 9.66. The van der Waals surface area contributed by atoms with Crippen LogP contribution in [0.1, 0.15) is 11.7 Å². The molecule has 0 bridgehead atoms. The van der Waals surface area contributed by atoms with Crippen molar-refractivity contribution in [3.05, 3.63) is 47.8 Å². The molecular formula is C11H11FO3. The standard InChI is InChI=1S/C11H11FO3/c1-7(11(14)15-2)10(13)8-3-5-9(12)6-4-8/h3-6,10,13H,1H2,2H3/t10-/m0/s1.